The van der Waals surface area contributed by atoms with E-state index in [4.69, 9.17) is 4.74 Å². The summed E-state index contributed by atoms with van der Waals surface area (Å²) in [5.41, 5.74) is 1.79. The molecule has 0 aliphatic carbocycles. The van der Waals surface area contributed by atoms with Crippen LogP contribution in [0.3, 0.4) is 0 Å². The molecule has 0 aliphatic rings. The first-order valence-electron chi connectivity index (χ1n) is 11.0. The highest BCUT2D eigenvalue weighted by Crippen LogP contribution is 2.22. The van der Waals surface area contributed by atoms with Gasteiger partial charge in [0.05, 0.1) is 21.7 Å². The van der Waals surface area contributed by atoms with Gasteiger partial charge in [0.2, 0.25) is 0 Å². The number of carbonyl (C=O) groups is 3. The van der Waals surface area contributed by atoms with Crippen molar-refractivity contribution in [2.45, 2.75) is 18.4 Å². The van der Waals surface area contributed by atoms with Gasteiger partial charge < -0.3 is 9.30 Å². The van der Waals surface area contributed by atoms with Crippen LogP contribution in [0, 0.1) is 0 Å². The average Bonchev–Trinajstić information content (AvgIpc) is 3.19. The Morgan fingerprint density at radius 3 is 2.19 bits per heavy atom. The molecule has 0 saturated heterocycles. The topological polar surface area (TPSA) is 112 Å². The van der Waals surface area contributed by atoms with Gasteiger partial charge in [0.1, 0.15) is 6.54 Å². The molecule has 10 heteroatoms. The maximum atomic E-state index is 13.0. The van der Waals surface area contributed by atoms with E-state index in [1.807, 2.05) is 6.07 Å². The van der Waals surface area contributed by atoms with E-state index >= 15 is 0 Å². The molecule has 0 saturated carbocycles. The van der Waals surface area contributed by atoms with E-state index in [0.717, 1.165) is 17.6 Å². The fourth-order valence-corrected chi connectivity index (χ4v) is 5.32. The average molecular weight is 523 g/mol. The molecule has 0 radical (unpaired) electrons. The molecule has 3 aromatic carbocycles. The number of fused-ring (bicyclic) bond motifs is 1. The molecule has 1 aromatic heterocycles. The summed E-state index contributed by atoms with van der Waals surface area (Å²) >= 11 is 1.09. The van der Waals surface area contributed by atoms with E-state index in [1.165, 1.54) is 28.8 Å². The zero-order chi connectivity index (χ0) is 25.9. The van der Waals surface area contributed by atoms with E-state index < -0.39 is 21.7 Å². The molecular formula is C26H22N2O6S2. The number of esters is 1. The Morgan fingerprint density at radius 2 is 1.56 bits per heavy atom. The van der Waals surface area contributed by atoms with Gasteiger partial charge in [-0.15, -0.1) is 0 Å². The molecule has 0 atom stereocenters. The van der Waals surface area contributed by atoms with Crippen molar-refractivity contribution in [3.63, 3.8) is 0 Å². The molecule has 0 N–H and O–H groups in total. The van der Waals surface area contributed by atoms with E-state index in [2.05, 4.69) is 4.99 Å². The zero-order valence-corrected chi connectivity index (χ0v) is 21.1. The minimum Gasteiger partial charge on any atom is -0.465 e. The molecule has 0 bridgehead atoms. The highest BCUT2D eigenvalue weighted by Gasteiger charge is 2.16. The van der Waals surface area contributed by atoms with Crippen molar-refractivity contribution >= 4 is 49.1 Å². The van der Waals surface area contributed by atoms with Crippen LogP contribution in [0.15, 0.2) is 82.7 Å². The van der Waals surface area contributed by atoms with Crippen molar-refractivity contribution in [2.24, 2.45) is 4.99 Å². The van der Waals surface area contributed by atoms with Crippen LogP contribution in [0.5, 0.6) is 0 Å². The number of hydrogen-bond acceptors (Lipinski definition) is 7. The summed E-state index contributed by atoms with van der Waals surface area (Å²) in [6.07, 6.45) is 1.11. The largest absolute Gasteiger partial charge is 0.465 e. The Bertz CT molecular complexity index is 1630. The van der Waals surface area contributed by atoms with Crippen molar-refractivity contribution < 1.29 is 27.5 Å². The molecule has 4 aromatic rings. The Kier molecular flexibility index (Phi) is 7.27. The van der Waals surface area contributed by atoms with Crippen LogP contribution in [-0.4, -0.2) is 43.5 Å². The predicted molar refractivity (Wildman–Crippen MR) is 136 cm³/mol. The monoisotopic (exact) mass is 522 g/mol. The van der Waals surface area contributed by atoms with Crippen LogP contribution in [0.2, 0.25) is 0 Å². The summed E-state index contributed by atoms with van der Waals surface area (Å²) in [4.78, 5) is 42.3. The van der Waals surface area contributed by atoms with Crippen LogP contribution in [0.4, 0.5) is 0 Å². The Morgan fingerprint density at radius 1 is 0.917 bits per heavy atom. The fourth-order valence-electron chi connectivity index (χ4n) is 3.53. The summed E-state index contributed by atoms with van der Waals surface area (Å²) in [6.45, 7) is 1.69. The lowest BCUT2D eigenvalue weighted by Crippen LogP contribution is -2.23. The first kappa shape index (κ1) is 25.2. The standard InChI is InChI=1S/C26H22N2O6S2/c1-3-34-23(29)16-28-21-14-13-20(36(2,32)33)15-22(21)35-26(28)27-25(31)19-11-9-18(10-12-19)24(30)17-7-5-4-6-8-17/h4-15H,3,16H2,1-2H3. The number of ketones is 1. The maximum absolute atomic E-state index is 13.0. The molecule has 184 valence electrons. The molecule has 4 rings (SSSR count). The number of thiazole rings is 1. The molecule has 0 fully saturated rings. The van der Waals surface area contributed by atoms with E-state index in [9.17, 15) is 22.8 Å². The van der Waals surface area contributed by atoms with Crippen LogP contribution >= 0.6 is 11.3 Å². The van der Waals surface area contributed by atoms with Crippen molar-refractivity contribution in [3.8, 4) is 0 Å². The summed E-state index contributed by atoms with van der Waals surface area (Å²) in [6, 6.07) is 19.5. The number of aromatic nitrogens is 1. The molecule has 0 spiro atoms. The van der Waals surface area contributed by atoms with Crippen molar-refractivity contribution in [3.05, 3.63) is 94.3 Å². The van der Waals surface area contributed by atoms with Gasteiger partial charge in [-0.25, -0.2) is 8.42 Å². The Hall–Kier alpha value is -3.89. The first-order chi connectivity index (χ1) is 17.2. The predicted octanol–water partition coefficient (Wildman–Crippen LogP) is 3.64. The van der Waals surface area contributed by atoms with Gasteiger partial charge in [0, 0.05) is 22.9 Å². The van der Waals surface area contributed by atoms with Gasteiger partial charge in [-0.2, -0.15) is 4.99 Å². The SMILES string of the molecule is CCOC(=O)Cn1c(=NC(=O)c2ccc(C(=O)c3ccccc3)cc2)sc2cc(S(C)(=O)=O)ccc21. The number of hydrogen-bond donors (Lipinski definition) is 0. The van der Waals surface area contributed by atoms with Gasteiger partial charge >= 0.3 is 5.97 Å². The first-order valence-corrected chi connectivity index (χ1v) is 13.7. The second-order valence-corrected chi connectivity index (χ2v) is 10.9. The van der Waals surface area contributed by atoms with Crippen LogP contribution in [0.1, 0.15) is 33.2 Å². The highest BCUT2D eigenvalue weighted by molar-refractivity contribution is 7.90. The third kappa shape index (κ3) is 5.50. The van der Waals surface area contributed by atoms with Crippen molar-refractivity contribution in [1.29, 1.82) is 0 Å². The maximum Gasteiger partial charge on any atom is 0.326 e. The van der Waals surface area contributed by atoms with Crippen molar-refractivity contribution in [2.75, 3.05) is 12.9 Å². The van der Waals surface area contributed by atoms with Crippen LogP contribution in [0.25, 0.3) is 10.2 Å². The number of nitrogens with zero attached hydrogens (tertiary/aromatic N) is 2. The molecule has 36 heavy (non-hydrogen) atoms. The van der Waals surface area contributed by atoms with Crippen molar-refractivity contribution in [1.82, 2.24) is 4.57 Å². The lowest BCUT2D eigenvalue weighted by atomic mass is 10.0. The number of sulfone groups is 1. The van der Waals surface area contributed by atoms with Gasteiger partial charge in [-0.05, 0) is 37.3 Å². The third-order valence-corrected chi connectivity index (χ3v) is 7.45. The fraction of sp³-hybridized carbons (Fsp3) is 0.154. The second-order valence-electron chi connectivity index (χ2n) is 7.87. The number of rotatable bonds is 7. The molecular weight excluding hydrogens is 500 g/mol. The van der Waals surface area contributed by atoms with E-state index in [0.29, 0.717) is 21.3 Å². The van der Waals surface area contributed by atoms with Gasteiger partial charge in [0.25, 0.3) is 5.91 Å². The summed E-state index contributed by atoms with van der Waals surface area (Å²) in [5, 5.41) is 0. The van der Waals surface area contributed by atoms with Crippen LogP contribution in [-0.2, 0) is 25.9 Å². The minimum absolute atomic E-state index is 0.121. The van der Waals surface area contributed by atoms with E-state index in [1.54, 1.807) is 49.4 Å². The van der Waals surface area contributed by atoms with Gasteiger partial charge in [0.15, 0.2) is 20.4 Å². The quantitative estimate of drug-likeness (QED) is 0.271. The van der Waals surface area contributed by atoms with Crippen LogP contribution < -0.4 is 4.80 Å². The number of amides is 1. The Balaban J connectivity index is 1.72. The zero-order valence-electron chi connectivity index (χ0n) is 19.5. The summed E-state index contributed by atoms with van der Waals surface area (Å²) in [5.74, 6) is -1.24. The highest BCUT2D eigenvalue weighted by atomic mass is 32.2. The minimum atomic E-state index is -3.45. The Labute approximate surface area is 211 Å². The molecule has 8 nitrogen and oxygen atoms in total. The second kappa shape index (κ2) is 10.4. The lowest BCUT2D eigenvalue weighted by Gasteiger charge is -2.06. The molecule has 1 heterocycles. The molecule has 0 unspecified atom stereocenters. The number of benzene rings is 3. The normalized spacial score (nSPS) is 12.0. The van der Waals surface area contributed by atoms with Gasteiger partial charge in [-0.1, -0.05) is 53.8 Å². The smallest absolute Gasteiger partial charge is 0.326 e. The third-order valence-electron chi connectivity index (χ3n) is 5.30. The molecule has 0 aliphatic heterocycles. The lowest BCUT2D eigenvalue weighted by molar-refractivity contribution is -0.143. The molecule has 1 amide bonds. The summed E-state index contributed by atoms with van der Waals surface area (Å²) in [7, 11) is -3.45. The van der Waals surface area contributed by atoms with Gasteiger partial charge in [-0.3, -0.25) is 14.4 Å². The number of carbonyl (C=O) groups excluding carboxylic acids is 3. The summed E-state index contributed by atoms with van der Waals surface area (Å²) < 4.78 is 31.1. The van der Waals surface area contributed by atoms with E-state index in [-0.39, 0.29) is 34.2 Å². The number of ether oxygens (including phenoxy) is 1.